The predicted octanol–water partition coefficient (Wildman–Crippen LogP) is 3.38. The normalized spacial score (nSPS) is 14.4. The van der Waals surface area contributed by atoms with Crippen LogP contribution in [-0.4, -0.2) is 10.1 Å². The third-order valence-electron chi connectivity index (χ3n) is 2.58. The summed E-state index contributed by atoms with van der Waals surface area (Å²) in [5, 5.41) is 10.4. The number of nitrogens with zero attached hydrogens (tertiary/aromatic N) is 1. The summed E-state index contributed by atoms with van der Waals surface area (Å²) in [6, 6.07) is 14.9. The molecule has 1 N–H and O–H groups in total. The van der Waals surface area contributed by atoms with Gasteiger partial charge in [0.2, 0.25) is 0 Å². The van der Waals surface area contributed by atoms with Crippen molar-refractivity contribution in [2.75, 3.05) is 0 Å². The number of benzene rings is 1. The van der Waals surface area contributed by atoms with Gasteiger partial charge in [-0.05, 0) is 23.3 Å². The molecule has 0 aliphatic heterocycles. The van der Waals surface area contributed by atoms with Crippen molar-refractivity contribution in [3.63, 3.8) is 0 Å². The van der Waals surface area contributed by atoms with Crippen molar-refractivity contribution in [3.8, 4) is 0 Å². The molecule has 0 aliphatic rings. The number of hydrogen-bond donors (Lipinski definition) is 1. The van der Waals surface area contributed by atoms with Gasteiger partial charge in [0, 0.05) is 6.20 Å². The molecule has 0 amide bonds. The summed E-state index contributed by atoms with van der Waals surface area (Å²) in [7, 11) is 0. The second-order valence-electron chi connectivity index (χ2n) is 3.79. The average molecular weight is 238 g/mol. The van der Waals surface area contributed by atoms with Gasteiger partial charge in [-0.25, -0.2) is 0 Å². The number of aliphatic hydroxyl groups is 1. The van der Waals surface area contributed by atoms with Crippen molar-refractivity contribution < 1.29 is 6.48 Å². The molecule has 1 aromatic carbocycles. The van der Waals surface area contributed by atoms with E-state index in [1.54, 1.807) is 18.3 Å². The molecule has 0 bridgehead atoms. The molecule has 2 nitrogen and oxygen atoms in total. The Hall–Kier alpha value is -2.19. The number of pyridine rings is 1. The lowest BCUT2D eigenvalue weighted by Gasteiger charge is -2.14. The fourth-order valence-electron chi connectivity index (χ4n) is 1.73. The van der Waals surface area contributed by atoms with Gasteiger partial charge < -0.3 is 5.11 Å². The zero-order valence-corrected chi connectivity index (χ0v) is 9.95. The topological polar surface area (TPSA) is 33.1 Å². The Kier molecular flexibility index (Phi) is 3.61. The highest BCUT2D eigenvalue weighted by atomic mass is 16.3. The van der Waals surface area contributed by atoms with E-state index in [0.717, 1.165) is 5.56 Å². The molecule has 2 rings (SSSR count). The van der Waals surface area contributed by atoms with Crippen LogP contribution in [0.15, 0.2) is 73.4 Å². The Morgan fingerprint density at radius 3 is 2.56 bits per heavy atom. The van der Waals surface area contributed by atoms with Gasteiger partial charge in [0.05, 0.1) is 7.06 Å². The number of allylic oxidation sites excluding steroid dienone is 2. The van der Waals surface area contributed by atoms with Gasteiger partial charge in [-0.15, -0.1) is 0 Å². The third-order valence-corrected chi connectivity index (χ3v) is 2.58. The minimum absolute atomic E-state index is 0.198. The number of aliphatic hydroxyl groups excluding tert-OH is 1. The molecule has 0 unspecified atom stereocenters. The molecule has 0 aliphatic carbocycles. The summed E-state index contributed by atoms with van der Waals surface area (Å²) in [4.78, 5) is 4.14. The summed E-state index contributed by atoms with van der Waals surface area (Å²) < 4.78 is 7.97. The Bertz CT molecular complexity index is 578. The molecule has 1 heterocycles. The largest absolute Gasteiger partial charge is 0.382 e. The SMILES string of the molecule is [2H]/C(C=C)=C(/c1ccccc1)[C@H](O)c1ccccn1. The van der Waals surface area contributed by atoms with Crippen molar-refractivity contribution in [2.24, 2.45) is 0 Å². The molecular weight excluding hydrogens is 222 g/mol. The zero-order valence-electron chi connectivity index (χ0n) is 11.0. The standard InChI is InChI=1S/C16H15NO/c1-2-8-14(13-9-4-3-5-10-13)16(18)15-11-6-7-12-17-15/h2-12,16,18H,1H2/b14-8+/t16-/m0/s1/i8D. The van der Waals surface area contributed by atoms with Crippen LogP contribution >= 0.6 is 0 Å². The van der Waals surface area contributed by atoms with E-state index >= 15 is 0 Å². The van der Waals surface area contributed by atoms with E-state index in [1.165, 1.54) is 6.08 Å². The minimum Gasteiger partial charge on any atom is -0.382 e. The van der Waals surface area contributed by atoms with Crippen molar-refractivity contribution in [1.82, 2.24) is 4.98 Å². The monoisotopic (exact) mass is 238 g/mol. The molecule has 0 radical (unpaired) electrons. The first-order valence-electron chi connectivity index (χ1n) is 6.21. The Balaban J connectivity index is 2.49. The second kappa shape index (κ2) is 5.94. The molecule has 2 heteroatoms. The quantitative estimate of drug-likeness (QED) is 0.828. The van der Waals surface area contributed by atoms with Crippen LogP contribution in [0.25, 0.3) is 5.57 Å². The first-order chi connectivity index (χ1) is 9.24. The van der Waals surface area contributed by atoms with Gasteiger partial charge >= 0.3 is 0 Å². The lowest BCUT2D eigenvalue weighted by Crippen LogP contribution is -2.03. The fourth-order valence-corrected chi connectivity index (χ4v) is 1.73. The zero-order chi connectivity index (χ0) is 13.7. The molecule has 1 atom stereocenters. The second-order valence-corrected chi connectivity index (χ2v) is 3.79. The van der Waals surface area contributed by atoms with Gasteiger partial charge in [0.15, 0.2) is 0 Å². The van der Waals surface area contributed by atoms with Crippen molar-refractivity contribution in [3.05, 3.63) is 84.7 Å². The highest BCUT2D eigenvalue weighted by molar-refractivity contribution is 5.70. The average Bonchev–Trinajstić information content (AvgIpc) is 2.49. The van der Waals surface area contributed by atoms with Crippen molar-refractivity contribution in [1.29, 1.82) is 0 Å². The van der Waals surface area contributed by atoms with E-state index in [9.17, 15) is 5.11 Å². The van der Waals surface area contributed by atoms with E-state index in [4.69, 9.17) is 1.37 Å². The summed E-state index contributed by atoms with van der Waals surface area (Å²) in [6.45, 7) is 3.61. The molecule has 0 spiro atoms. The van der Waals surface area contributed by atoms with E-state index in [0.29, 0.717) is 11.3 Å². The van der Waals surface area contributed by atoms with Crippen LogP contribution in [0.5, 0.6) is 0 Å². The van der Waals surface area contributed by atoms with E-state index < -0.39 is 6.10 Å². The van der Waals surface area contributed by atoms with Gasteiger partial charge in [-0.1, -0.05) is 55.1 Å². The molecule has 0 saturated heterocycles. The summed E-state index contributed by atoms with van der Waals surface area (Å²) in [6.07, 6.45) is 2.11. The van der Waals surface area contributed by atoms with Crippen LogP contribution in [-0.2, 0) is 0 Å². The Morgan fingerprint density at radius 1 is 1.22 bits per heavy atom. The van der Waals surface area contributed by atoms with Crippen LogP contribution in [0.2, 0.25) is 0 Å². The number of hydrogen-bond acceptors (Lipinski definition) is 2. The molecular formula is C16H15NO. The van der Waals surface area contributed by atoms with Crippen LogP contribution in [0.4, 0.5) is 0 Å². The molecule has 2 aromatic rings. The van der Waals surface area contributed by atoms with Crippen molar-refractivity contribution in [2.45, 2.75) is 6.10 Å². The highest BCUT2D eigenvalue weighted by Gasteiger charge is 2.15. The smallest absolute Gasteiger partial charge is 0.122 e. The first kappa shape index (κ1) is 10.9. The van der Waals surface area contributed by atoms with Crippen LogP contribution in [0.1, 0.15) is 18.7 Å². The fraction of sp³-hybridized carbons (Fsp3) is 0.0625. The molecule has 0 saturated carbocycles. The van der Waals surface area contributed by atoms with Crippen LogP contribution < -0.4 is 0 Å². The maximum atomic E-state index is 10.4. The highest BCUT2D eigenvalue weighted by Crippen LogP contribution is 2.28. The lowest BCUT2D eigenvalue weighted by atomic mass is 9.97. The number of aromatic nitrogens is 1. The summed E-state index contributed by atoms with van der Waals surface area (Å²) >= 11 is 0. The first-order valence-corrected chi connectivity index (χ1v) is 5.71. The van der Waals surface area contributed by atoms with Crippen molar-refractivity contribution >= 4 is 5.57 Å². The predicted molar refractivity (Wildman–Crippen MR) is 73.8 cm³/mol. The third kappa shape index (κ3) is 2.73. The van der Waals surface area contributed by atoms with Gasteiger partial charge in [-0.2, -0.15) is 0 Å². The van der Waals surface area contributed by atoms with Crippen LogP contribution in [0.3, 0.4) is 0 Å². The Morgan fingerprint density at radius 2 is 1.94 bits per heavy atom. The molecule has 90 valence electrons. The lowest BCUT2D eigenvalue weighted by molar-refractivity contribution is 0.233. The van der Waals surface area contributed by atoms with Gasteiger partial charge in [-0.3, -0.25) is 4.98 Å². The maximum absolute atomic E-state index is 10.4. The molecule has 18 heavy (non-hydrogen) atoms. The molecule has 1 aromatic heterocycles. The van der Waals surface area contributed by atoms with E-state index in [1.807, 2.05) is 36.4 Å². The van der Waals surface area contributed by atoms with Crippen LogP contribution in [0, 0.1) is 0 Å². The van der Waals surface area contributed by atoms with Gasteiger partial charge in [0.25, 0.3) is 0 Å². The van der Waals surface area contributed by atoms with Gasteiger partial charge in [0.1, 0.15) is 6.10 Å². The van der Waals surface area contributed by atoms with E-state index in [-0.39, 0.29) is 6.05 Å². The maximum Gasteiger partial charge on any atom is 0.122 e. The molecule has 0 fully saturated rings. The summed E-state index contributed by atoms with van der Waals surface area (Å²) in [5.41, 5.74) is 1.83. The number of rotatable bonds is 4. The summed E-state index contributed by atoms with van der Waals surface area (Å²) in [5.74, 6) is 0. The minimum atomic E-state index is -0.936. The Labute approximate surface area is 108 Å². The van der Waals surface area contributed by atoms with E-state index in [2.05, 4.69) is 11.6 Å².